The fourth-order valence-corrected chi connectivity index (χ4v) is 1.30. The molecule has 5 nitrogen and oxygen atoms in total. The quantitative estimate of drug-likeness (QED) is 0.646. The monoisotopic (exact) mass is 224 g/mol. The fourth-order valence-electron chi connectivity index (χ4n) is 1.30. The Labute approximate surface area is 94.2 Å². The number of anilines is 1. The highest BCUT2D eigenvalue weighted by atomic mass is 16.5. The molecule has 0 fully saturated rings. The van der Waals surface area contributed by atoms with E-state index in [4.69, 9.17) is 15.6 Å². The molecule has 0 aliphatic rings. The van der Waals surface area contributed by atoms with Gasteiger partial charge in [0, 0.05) is 6.54 Å². The number of nitrogens with two attached hydrogens (primary N) is 1. The summed E-state index contributed by atoms with van der Waals surface area (Å²) in [6.45, 7) is 1.79. The summed E-state index contributed by atoms with van der Waals surface area (Å²) in [4.78, 5) is 11.7. The summed E-state index contributed by atoms with van der Waals surface area (Å²) < 4.78 is 5.06. The van der Waals surface area contributed by atoms with E-state index in [1.54, 1.807) is 25.1 Å². The maximum absolute atomic E-state index is 11.7. The van der Waals surface area contributed by atoms with Crippen LogP contribution in [0.4, 0.5) is 5.69 Å². The van der Waals surface area contributed by atoms with Crippen molar-refractivity contribution in [2.45, 2.75) is 13.0 Å². The summed E-state index contributed by atoms with van der Waals surface area (Å²) in [5, 5.41) is 11.6. The van der Waals surface area contributed by atoms with Gasteiger partial charge in [-0.15, -0.1) is 0 Å². The highest BCUT2D eigenvalue weighted by Gasteiger charge is 2.14. The van der Waals surface area contributed by atoms with Crippen LogP contribution in [0.3, 0.4) is 0 Å². The maximum Gasteiger partial charge on any atom is 0.255 e. The average Bonchev–Trinajstić information content (AvgIpc) is 2.25. The Hall–Kier alpha value is -1.75. The molecule has 1 rings (SSSR count). The average molecular weight is 224 g/mol. The summed E-state index contributed by atoms with van der Waals surface area (Å²) in [6, 6.07) is 4.95. The SMILES string of the molecule is COc1c(N)cccc1C(=O)NC[C@H](C)O. The van der Waals surface area contributed by atoms with Crippen LogP contribution in [0.25, 0.3) is 0 Å². The smallest absolute Gasteiger partial charge is 0.255 e. The number of benzene rings is 1. The van der Waals surface area contributed by atoms with Crippen LogP contribution in [0.15, 0.2) is 18.2 Å². The van der Waals surface area contributed by atoms with Crippen molar-refractivity contribution >= 4 is 11.6 Å². The number of methoxy groups -OCH3 is 1. The van der Waals surface area contributed by atoms with Crippen LogP contribution in [0.1, 0.15) is 17.3 Å². The number of para-hydroxylation sites is 1. The fraction of sp³-hybridized carbons (Fsp3) is 0.364. The van der Waals surface area contributed by atoms with E-state index in [2.05, 4.69) is 5.32 Å². The highest BCUT2D eigenvalue weighted by molar-refractivity contribution is 5.98. The molecule has 0 saturated carbocycles. The van der Waals surface area contributed by atoms with Crippen LogP contribution in [-0.4, -0.2) is 30.8 Å². The van der Waals surface area contributed by atoms with Gasteiger partial charge in [-0.1, -0.05) is 6.07 Å². The molecule has 0 bridgehead atoms. The molecule has 1 aromatic rings. The third kappa shape index (κ3) is 2.87. The Balaban J connectivity index is 2.86. The van der Waals surface area contributed by atoms with Crippen molar-refractivity contribution in [3.63, 3.8) is 0 Å². The third-order valence-electron chi connectivity index (χ3n) is 2.05. The number of carbonyl (C=O) groups excluding carboxylic acids is 1. The summed E-state index contributed by atoms with van der Waals surface area (Å²) in [5.41, 5.74) is 6.44. The second-order valence-corrected chi connectivity index (χ2v) is 3.49. The Morgan fingerprint density at radius 2 is 2.31 bits per heavy atom. The van der Waals surface area contributed by atoms with E-state index in [9.17, 15) is 4.79 Å². The predicted octanol–water partition coefficient (Wildman–Crippen LogP) is 0.388. The Morgan fingerprint density at radius 1 is 1.62 bits per heavy atom. The maximum atomic E-state index is 11.7. The molecular formula is C11H16N2O3. The topological polar surface area (TPSA) is 84.6 Å². The zero-order valence-electron chi connectivity index (χ0n) is 9.36. The minimum Gasteiger partial charge on any atom is -0.494 e. The second kappa shape index (κ2) is 5.37. The Morgan fingerprint density at radius 3 is 2.88 bits per heavy atom. The van der Waals surface area contributed by atoms with Crippen LogP contribution >= 0.6 is 0 Å². The first kappa shape index (κ1) is 12.3. The van der Waals surface area contributed by atoms with E-state index in [-0.39, 0.29) is 12.5 Å². The van der Waals surface area contributed by atoms with Crippen molar-refractivity contribution in [2.24, 2.45) is 0 Å². The van der Waals surface area contributed by atoms with E-state index in [1.807, 2.05) is 0 Å². The van der Waals surface area contributed by atoms with Crippen LogP contribution in [0, 0.1) is 0 Å². The number of hydrogen-bond donors (Lipinski definition) is 3. The molecule has 0 spiro atoms. The molecule has 5 heteroatoms. The van der Waals surface area contributed by atoms with E-state index >= 15 is 0 Å². The highest BCUT2D eigenvalue weighted by Crippen LogP contribution is 2.25. The molecule has 0 aliphatic carbocycles. The molecule has 1 amide bonds. The van der Waals surface area contributed by atoms with E-state index in [0.29, 0.717) is 17.0 Å². The van der Waals surface area contributed by atoms with E-state index < -0.39 is 6.10 Å². The van der Waals surface area contributed by atoms with Gasteiger partial charge in [0.05, 0.1) is 24.5 Å². The summed E-state index contributed by atoms with van der Waals surface area (Å²) >= 11 is 0. The standard InChI is InChI=1S/C11H16N2O3/c1-7(14)6-13-11(15)8-4-3-5-9(12)10(8)16-2/h3-5,7,14H,6,12H2,1-2H3,(H,13,15)/t7-/m0/s1. The van der Waals surface area contributed by atoms with Gasteiger partial charge in [-0.3, -0.25) is 4.79 Å². The molecular weight excluding hydrogens is 208 g/mol. The number of carbonyl (C=O) groups is 1. The predicted molar refractivity (Wildman–Crippen MR) is 61.4 cm³/mol. The lowest BCUT2D eigenvalue weighted by atomic mass is 10.1. The van der Waals surface area contributed by atoms with Crippen molar-refractivity contribution in [1.82, 2.24) is 5.32 Å². The van der Waals surface area contributed by atoms with Crippen LogP contribution < -0.4 is 15.8 Å². The number of rotatable bonds is 4. The first-order chi connectivity index (χ1) is 7.56. The zero-order chi connectivity index (χ0) is 12.1. The summed E-state index contributed by atoms with van der Waals surface area (Å²) in [7, 11) is 1.46. The molecule has 0 radical (unpaired) electrons. The van der Waals surface area contributed by atoms with Gasteiger partial charge in [-0.2, -0.15) is 0 Å². The zero-order valence-corrected chi connectivity index (χ0v) is 9.36. The number of amides is 1. The van der Waals surface area contributed by atoms with Gasteiger partial charge in [0.15, 0.2) is 5.75 Å². The molecule has 88 valence electrons. The van der Waals surface area contributed by atoms with Gasteiger partial charge >= 0.3 is 0 Å². The number of nitrogens with one attached hydrogen (secondary N) is 1. The van der Waals surface area contributed by atoms with Gasteiger partial charge in [0.2, 0.25) is 0 Å². The molecule has 0 saturated heterocycles. The number of ether oxygens (including phenoxy) is 1. The number of nitrogen functional groups attached to an aromatic ring is 1. The summed E-state index contributed by atoms with van der Waals surface area (Å²) in [5.74, 6) is 0.0376. The first-order valence-corrected chi connectivity index (χ1v) is 4.95. The molecule has 1 atom stereocenters. The van der Waals surface area contributed by atoms with Crippen LogP contribution in [-0.2, 0) is 0 Å². The Bertz CT molecular complexity index is 377. The molecule has 4 N–H and O–H groups in total. The van der Waals surface area contributed by atoms with Crippen molar-refractivity contribution in [1.29, 1.82) is 0 Å². The van der Waals surface area contributed by atoms with E-state index in [1.165, 1.54) is 7.11 Å². The molecule has 0 aromatic heterocycles. The lowest BCUT2D eigenvalue weighted by molar-refractivity contribution is 0.0921. The largest absolute Gasteiger partial charge is 0.494 e. The van der Waals surface area contributed by atoms with Crippen molar-refractivity contribution < 1.29 is 14.6 Å². The molecule has 0 aliphatic heterocycles. The first-order valence-electron chi connectivity index (χ1n) is 4.95. The van der Waals surface area contributed by atoms with Crippen molar-refractivity contribution in [3.8, 4) is 5.75 Å². The third-order valence-corrected chi connectivity index (χ3v) is 2.05. The molecule has 0 heterocycles. The summed E-state index contributed by atoms with van der Waals surface area (Å²) in [6.07, 6.45) is -0.587. The van der Waals surface area contributed by atoms with Gasteiger partial charge in [0.1, 0.15) is 0 Å². The van der Waals surface area contributed by atoms with Crippen molar-refractivity contribution in [3.05, 3.63) is 23.8 Å². The molecule has 16 heavy (non-hydrogen) atoms. The van der Waals surface area contributed by atoms with Crippen molar-refractivity contribution in [2.75, 3.05) is 19.4 Å². The second-order valence-electron chi connectivity index (χ2n) is 3.49. The van der Waals surface area contributed by atoms with Gasteiger partial charge in [-0.05, 0) is 19.1 Å². The minimum atomic E-state index is -0.587. The van der Waals surface area contributed by atoms with Crippen LogP contribution in [0.2, 0.25) is 0 Å². The van der Waals surface area contributed by atoms with Gasteiger partial charge < -0.3 is 20.9 Å². The lowest BCUT2D eigenvalue weighted by Crippen LogP contribution is -2.30. The normalized spacial score (nSPS) is 11.9. The molecule has 1 aromatic carbocycles. The van der Waals surface area contributed by atoms with Gasteiger partial charge in [0.25, 0.3) is 5.91 Å². The number of aliphatic hydroxyl groups is 1. The minimum absolute atomic E-state index is 0.191. The van der Waals surface area contributed by atoms with Gasteiger partial charge in [-0.25, -0.2) is 0 Å². The number of hydrogen-bond acceptors (Lipinski definition) is 4. The Kier molecular flexibility index (Phi) is 4.13. The molecule has 0 unspecified atom stereocenters. The van der Waals surface area contributed by atoms with Crippen LogP contribution in [0.5, 0.6) is 5.75 Å². The van der Waals surface area contributed by atoms with E-state index in [0.717, 1.165) is 0 Å². The number of aliphatic hydroxyl groups excluding tert-OH is 1. The lowest BCUT2D eigenvalue weighted by Gasteiger charge is -2.11.